The van der Waals surface area contributed by atoms with Gasteiger partial charge in [-0.3, -0.25) is 0 Å². The van der Waals surface area contributed by atoms with E-state index in [9.17, 15) is 0 Å². The van der Waals surface area contributed by atoms with Crippen molar-refractivity contribution in [1.29, 1.82) is 0 Å². The second-order valence-electron chi connectivity index (χ2n) is 5.60. The normalized spacial score (nSPS) is 10.4. The van der Waals surface area contributed by atoms with Crippen LogP contribution in [0.5, 0.6) is 0 Å². The quantitative estimate of drug-likeness (QED) is 0.764. The Bertz CT molecular complexity index is 799. The maximum atomic E-state index is 4.37. The minimum absolute atomic E-state index is 0.784. The van der Waals surface area contributed by atoms with Gasteiger partial charge in [-0.1, -0.05) is 30.3 Å². The first-order valence-electron chi connectivity index (χ1n) is 7.58. The van der Waals surface area contributed by atoms with Crippen molar-refractivity contribution in [2.24, 2.45) is 0 Å². The van der Waals surface area contributed by atoms with E-state index in [0.717, 1.165) is 23.0 Å². The standard InChI is InChI=1S/C19H20N4/c1-14-9-10-15(2)17(11-14)22-18-12-19(21-13-20-18)23(3)16-7-5-4-6-8-16/h4-13H,1-3H3,(H,20,21,22). The first-order valence-corrected chi connectivity index (χ1v) is 7.58. The van der Waals surface area contributed by atoms with Gasteiger partial charge in [-0.15, -0.1) is 0 Å². The maximum Gasteiger partial charge on any atom is 0.138 e. The molecule has 0 saturated heterocycles. The van der Waals surface area contributed by atoms with Gasteiger partial charge in [-0.25, -0.2) is 9.97 Å². The number of aryl methyl sites for hydroxylation is 2. The third-order valence-corrected chi connectivity index (χ3v) is 3.80. The van der Waals surface area contributed by atoms with Crippen LogP contribution in [0.1, 0.15) is 11.1 Å². The smallest absolute Gasteiger partial charge is 0.138 e. The summed E-state index contributed by atoms with van der Waals surface area (Å²) in [6.07, 6.45) is 1.59. The van der Waals surface area contributed by atoms with Crippen LogP contribution in [0.4, 0.5) is 23.0 Å². The summed E-state index contributed by atoms with van der Waals surface area (Å²) >= 11 is 0. The molecule has 0 saturated carbocycles. The fraction of sp³-hybridized carbons (Fsp3) is 0.158. The van der Waals surface area contributed by atoms with Crippen LogP contribution < -0.4 is 10.2 Å². The number of aromatic nitrogens is 2. The van der Waals surface area contributed by atoms with Crippen LogP contribution in [0.2, 0.25) is 0 Å². The van der Waals surface area contributed by atoms with E-state index in [1.165, 1.54) is 11.1 Å². The Morgan fingerprint density at radius 3 is 2.48 bits per heavy atom. The molecule has 23 heavy (non-hydrogen) atoms. The van der Waals surface area contributed by atoms with Crippen molar-refractivity contribution in [3.63, 3.8) is 0 Å². The molecule has 3 rings (SSSR count). The number of anilines is 4. The monoisotopic (exact) mass is 304 g/mol. The van der Waals surface area contributed by atoms with Crippen molar-refractivity contribution < 1.29 is 0 Å². The highest BCUT2D eigenvalue weighted by atomic mass is 15.2. The van der Waals surface area contributed by atoms with Crippen LogP contribution in [0.25, 0.3) is 0 Å². The second kappa shape index (κ2) is 6.48. The molecule has 0 amide bonds. The van der Waals surface area contributed by atoms with E-state index in [-0.39, 0.29) is 0 Å². The van der Waals surface area contributed by atoms with Crippen molar-refractivity contribution in [3.05, 3.63) is 72.1 Å². The summed E-state index contributed by atoms with van der Waals surface area (Å²) in [4.78, 5) is 10.7. The van der Waals surface area contributed by atoms with Crippen molar-refractivity contribution in [2.75, 3.05) is 17.3 Å². The zero-order valence-corrected chi connectivity index (χ0v) is 13.6. The van der Waals surface area contributed by atoms with Gasteiger partial charge in [0.25, 0.3) is 0 Å². The Balaban J connectivity index is 1.87. The molecule has 1 heterocycles. The van der Waals surface area contributed by atoms with Gasteiger partial charge in [0.05, 0.1) is 0 Å². The number of hydrogen-bond donors (Lipinski definition) is 1. The number of hydrogen-bond acceptors (Lipinski definition) is 4. The lowest BCUT2D eigenvalue weighted by Gasteiger charge is -2.19. The molecular weight excluding hydrogens is 284 g/mol. The van der Waals surface area contributed by atoms with Gasteiger partial charge < -0.3 is 10.2 Å². The molecule has 0 spiro atoms. The molecular formula is C19H20N4. The Morgan fingerprint density at radius 2 is 1.70 bits per heavy atom. The van der Waals surface area contributed by atoms with Crippen LogP contribution in [0, 0.1) is 13.8 Å². The molecule has 4 nitrogen and oxygen atoms in total. The van der Waals surface area contributed by atoms with Crippen molar-refractivity contribution in [1.82, 2.24) is 9.97 Å². The fourth-order valence-electron chi connectivity index (χ4n) is 2.39. The van der Waals surface area contributed by atoms with Gasteiger partial charge in [0.1, 0.15) is 18.0 Å². The molecule has 4 heteroatoms. The highest BCUT2D eigenvalue weighted by Gasteiger charge is 2.07. The molecule has 3 aromatic rings. The van der Waals surface area contributed by atoms with Gasteiger partial charge in [0.2, 0.25) is 0 Å². The van der Waals surface area contributed by atoms with Crippen LogP contribution in [-0.2, 0) is 0 Å². The molecule has 0 radical (unpaired) electrons. The number of para-hydroxylation sites is 1. The molecule has 1 aromatic heterocycles. The summed E-state index contributed by atoms with van der Waals surface area (Å²) in [5.74, 6) is 1.63. The third kappa shape index (κ3) is 3.48. The molecule has 0 atom stereocenters. The van der Waals surface area contributed by atoms with E-state index in [1.54, 1.807) is 6.33 Å². The second-order valence-corrected chi connectivity index (χ2v) is 5.60. The van der Waals surface area contributed by atoms with Crippen LogP contribution in [0.15, 0.2) is 60.9 Å². The predicted octanol–water partition coefficient (Wildman–Crippen LogP) is 4.60. The van der Waals surface area contributed by atoms with Crippen LogP contribution >= 0.6 is 0 Å². The zero-order chi connectivity index (χ0) is 16.2. The molecule has 0 unspecified atom stereocenters. The van der Waals surface area contributed by atoms with Gasteiger partial charge >= 0.3 is 0 Å². The van der Waals surface area contributed by atoms with E-state index >= 15 is 0 Å². The zero-order valence-electron chi connectivity index (χ0n) is 13.6. The van der Waals surface area contributed by atoms with E-state index in [1.807, 2.05) is 36.2 Å². The molecule has 0 aliphatic rings. The molecule has 0 fully saturated rings. The average Bonchev–Trinajstić information content (AvgIpc) is 2.58. The first kappa shape index (κ1) is 15.0. The topological polar surface area (TPSA) is 41.0 Å². The maximum absolute atomic E-state index is 4.37. The first-order chi connectivity index (χ1) is 11.1. The summed E-state index contributed by atoms with van der Waals surface area (Å²) in [5, 5.41) is 3.38. The van der Waals surface area contributed by atoms with E-state index in [2.05, 4.69) is 59.5 Å². The summed E-state index contributed by atoms with van der Waals surface area (Å²) < 4.78 is 0. The van der Waals surface area contributed by atoms with Crippen LogP contribution in [-0.4, -0.2) is 17.0 Å². The summed E-state index contributed by atoms with van der Waals surface area (Å²) in [7, 11) is 2.00. The Hall–Kier alpha value is -2.88. The highest BCUT2D eigenvalue weighted by Crippen LogP contribution is 2.25. The molecule has 116 valence electrons. The molecule has 0 bridgehead atoms. The number of rotatable bonds is 4. The van der Waals surface area contributed by atoms with E-state index in [4.69, 9.17) is 0 Å². The lowest BCUT2D eigenvalue weighted by molar-refractivity contribution is 1.08. The van der Waals surface area contributed by atoms with Gasteiger partial charge in [0.15, 0.2) is 0 Å². The minimum atomic E-state index is 0.784. The SMILES string of the molecule is Cc1ccc(C)c(Nc2cc(N(C)c3ccccc3)ncn2)c1. The van der Waals surface area contributed by atoms with Crippen molar-refractivity contribution in [2.45, 2.75) is 13.8 Å². The third-order valence-electron chi connectivity index (χ3n) is 3.80. The Kier molecular flexibility index (Phi) is 4.24. The summed E-state index contributed by atoms with van der Waals surface area (Å²) in [6.45, 7) is 4.17. The van der Waals surface area contributed by atoms with E-state index < -0.39 is 0 Å². The predicted molar refractivity (Wildman–Crippen MR) is 95.7 cm³/mol. The summed E-state index contributed by atoms with van der Waals surface area (Å²) in [5.41, 5.74) is 4.56. The van der Waals surface area contributed by atoms with Gasteiger partial charge in [-0.2, -0.15) is 0 Å². The number of nitrogens with zero attached hydrogens (tertiary/aromatic N) is 3. The van der Waals surface area contributed by atoms with Crippen molar-refractivity contribution in [3.8, 4) is 0 Å². The Morgan fingerprint density at radius 1 is 0.913 bits per heavy atom. The summed E-state index contributed by atoms with van der Waals surface area (Å²) in [6, 6.07) is 18.4. The molecule has 0 aliphatic heterocycles. The number of benzene rings is 2. The minimum Gasteiger partial charge on any atom is -0.340 e. The number of nitrogens with one attached hydrogen (secondary N) is 1. The molecule has 2 aromatic carbocycles. The molecule has 1 N–H and O–H groups in total. The molecule has 0 aliphatic carbocycles. The largest absolute Gasteiger partial charge is 0.340 e. The Labute approximate surface area is 136 Å². The lowest BCUT2D eigenvalue weighted by atomic mass is 10.1. The highest BCUT2D eigenvalue weighted by molar-refractivity contribution is 5.66. The average molecular weight is 304 g/mol. The van der Waals surface area contributed by atoms with Gasteiger partial charge in [-0.05, 0) is 43.2 Å². The van der Waals surface area contributed by atoms with E-state index in [0.29, 0.717) is 0 Å². The van der Waals surface area contributed by atoms with Crippen molar-refractivity contribution >= 4 is 23.0 Å². The lowest BCUT2D eigenvalue weighted by Crippen LogP contribution is -2.11. The van der Waals surface area contributed by atoms with Crippen LogP contribution in [0.3, 0.4) is 0 Å². The fourth-order valence-corrected chi connectivity index (χ4v) is 2.39. The van der Waals surface area contributed by atoms with Gasteiger partial charge in [0, 0.05) is 24.5 Å².